The SMILES string of the molecule is CC(C)(C)OC(=O)Nc1ncnc2c1ncn2[C@@H]1O[C@H](CN(CCCN(Cc2cccc(OCc3ccccc3)c2)C(=O)OC(C)(C)C)CC[C@H](NC(=O)OC(C)(C)C)C(=O)O)[C@H]2OC(C)(C)O[C@H]21. The smallest absolute Gasteiger partial charge is 0.413 e. The Morgan fingerprint density at radius 2 is 1.48 bits per heavy atom. The van der Waals surface area contributed by atoms with Gasteiger partial charge in [-0.3, -0.25) is 9.88 Å². The van der Waals surface area contributed by atoms with Crippen molar-refractivity contribution in [1.82, 2.24) is 34.6 Å². The third-order valence-corrected chi connectivity index (χ3v) is 10.6. The van der Waals surface area contributed by atoms with Crippen LogP contribution in [-0.2, 0) is 46.4 Å². The summed E-state index contributed by atoms with van der Waals surface area (Å²) in [4.78, 5) is 68.8. The predicted octanol–water partition coefficient (Wildman–Crippen LogP) is 7.67. The molecule has 2 aromatic heterocycles. The van der Waals surface area contributed by atoms with Gasteiger partial charge in [0, 0.05) is 26.2 Å². The maximum absolute atomic E-state index is 13.8. The molecule has 4 heterocycles. The molecule has 0 radical (unpaired) electrons. The van der Waals surface area contributed by atoms with E-state index < -0.39 is 77.4 Å². The van der Waals surface area contributed by atoms with E-state index in [4.69, 9.17) is 33.2 Å². The largest absolute Gasteiger partial charge is 0.489 e. The molecule has 3 amide bonds. The lowest BCUT2D eigenvalue weighted by atomic mass is 10.1. The third-order valence-electron chi connectivity index (χ3n) is 10.6. The van der Waals surface area contributed by atoms with Gasteiger partial charge in [-0.25, -0.2) is 34.1 Å². The number of nitrogens with one attached hydrogen (secondary N) is 2. The van der Waals surface area contributed by atoms with Gasteiger partial charge in [0.2, 0.25) is 0 Å². The third kappa shape index (κ3) is 15.5. The van der Waals surface area contributed by atoms with Crippen molar-refractivity contribution in [2.45, 2.75) is 155 Å². The van der Waals surface area contributed by atoms with Crippen LogP contribution in [0.2, 0.25) is 0 Å². The van der Waals surface area contributed by atoms with E-state index in [1.807, 2.05) is 94.1 Å². The zero-order valence-corrected chi connectivity index (χ0v) is 41.5. The number of imidazole rings is 1. The summed E-state index contributed by atoms with van der Waals surface area (Å²) >= 11 is 0. The van der Waals surface area contributed by atoms with Crippen LogP contribution >= 0.6 is 0 Å². The maximum atomic E-state index is 13.8. The second-order valence-corrected chi connectivity index (χ2v) is 20.6. The van der Waals surface area contributed by atoms with Gasteiger partial charge in [0.05, 0.1) is 6.33 Å². The van der Waals surface area contributed by atoms with Crippen molar-refractivity contribution in [2.24, 2.45) is 0 Å². The Hall–Kier alpha value is -6.09. The number of aliphatic carboxylic acids is 1. The van der Waals surface area contributed by atoms with Crippen LogP contribution in [0.15, 0.2) is 67.3 Å². The van der Waals surface area contributed by atoms with Gasteiger partial charge in [0.1, 0.15) is 59.8 Å². The molecule has 5 atom stereocenters. The second kappa shape index (κ2) is 21.7. The van der Waals surface area contributed by atoms with Gasteiger partial charge in [0.25, 0.3) is 0 Å². The quantitative estimate of drug-likeness (QED) is 0.0813. The van der Waals surface area contributed by atoms with Crippen LogP contribution in [0.3, 0.4) is 0 Å². The number of alkyl carbamates (subject to hydrolysis) is 1. The van der Waals surface area contributed by atoms with E-state index in [9.17, 15) is 24.3 Å². The lowest BCUT2D eigenvalue weighted by Crippen LogP contribution is -2.47. The molecule has 69 heavy (non-hydrogen) atoms. The van der Waals surface area contributed by atoms with Gasteiger partial charge in [-0.05, 0) is 119 Å². The highest BCUT2D eigenvalue weighted by atomic mass is 16.8. The zero-order chi connectivity index (χ0) is 50.3. The first-order valence-corrected chi connectivity index (χ1v) is 23.2. The number of ether oxygens (including phenoxy) is 7. The number of anilines is 1. The van der Waals surface area contributed by atoms with Gasteiger partial charge >= 0.3 is 24.2 Å². The monoisotopic (exact) mass is 960 g/mol. The van der Waals surface area contributed by atoms with Gasteiger partial charge in [-0.1, -0.05) is 42.5 Å². The number of amides is 3. The fourth-order valence-electron chi connectivity index (χ4n) is 7.87. The highest BCUT2D eigenvalue weighted by molar-refractivity contribution is 5.93. The number of rotatable bonds is 18. The minimum atomic E-state index is -1.28. The number of fused-ring (bicyclic) bond motifs is 2. The number of carbonyl (C=O) groups excluding carboxylic acids is 3. The minimum Gasteiger partial charge on any atom is -0.489 e. The number of hydrogen-bond acceptors (Lipinski definition) is 15. The first kappa shape index (κ1) is 52.3. The first-order chi connectivity index (χ1) is 32.3. The topological polar surface area (TPSA) is 227 Å². The van der Waals surface area contributed by atoms with Crippen molar-refractivity contribution in [3.8, 4) is 5.75 Å². The number of benzene rings is 2. The molecule has 4 aromatic rings. The highest BCUT2D eigenvalue weighted by Crippen LogP contribution is 2.44. The fraction of sp³-hybridized carbons (Fsp3) is 0.571. The predicted molar refractivity (Wildman–Crippen MR) is 253 cm³/mol. The van der Waals surface area contributed by atoms with E-state index >= 15 is 0 Å². The van der Waals surface area contributed by atoms with Crippen molar-refractivity contribution in [2.75, 3.05) is 31.5 Å². The Labute approximate surface area is 403 Å². The van der Waals surface area contributed by atoms with Crippen LogP contribution in [0, 0.1) is 0 Å². The number of nitrogens with zero attached hydrogens (tertiary/aromatic N) is 6. The molecule has 20 heteroatoms. The molecule has 0 unspecified atom stereocenters. The van der Waals surface area contributed by atoms with Crippen LogP contribution in [0.4, 0.5) is 20.2 Å². The molecule has 2 aliphatic rings. The Kier molecular flexibility index (Phi) is 16.4. The molecule has 0 saturated carbocycles. The molecule has 2 aromatic carbocycles. The Bertz CT molecular complexity index is 2390. The molecule has 20 nitrogen and oxygen atoms in total. The van der Waals surface area contributed by atoms with Crippen molar-refractivity contribution in [1.29, 1.82) is 0 Å². The molecule has 0 bridgehead atoms. The molecule has 6 rings (SSSR count). The van der Waals surface area contributed by atoms with Gasteiger partial charge in [0.15, 0.2) is 29.0 Å². The summed E-state index contributed by atoms with van der Waals surface area (Å²) in [5.74, 6) is -1.43. The number of carboxylic acids is 1. The van der Waals surface area contributed by atoms with E-state index in [0.717, 1.165) is 11.1 Å². The van der Waals surface area contributed by atoms with E-state index in [-0.39, 0.29) is 38.4 Å². The molecule has 3 N–H and O–H groups in total. The standard InChI is InChI=1S/C49H68N8O12/c1-46(2,3)67-43(60)53-34(42(58)59)21-24-55(22-16-23-56(45(62)69-48(7,8)9)26-32-19-15-20-33(25-32)63-28-31-17-13-12-14-18-31)27-35-37-38(66-49(10,11)65-37)41(64-35)57-30-52-36-39(50-29-51-40(36)57)54-44(61)68-47(4,5)6/h12-15,17-20,25,29-30,34-35,37-38,41H,16,21-24,26-28H2,1-11H3,(H,53,60)(H,58,59)(H,50,51,54,61)/t34-,35+,37+,38+,41+/m0/s1. The van der Waals surface area contributed by atoms with Crippen LogP contribution < -0.4 is 15.4 Å². The molecular formula is C49H68N8O12. The fourth-order valence-corrected chi connectivity index (χ4v) is 7.87. The van der Waals surface area contributed by atoms with Gasteiger partial charge < -0.3 is 53.4 Å². The molecule has 2 saturated heterocycles. The average Bonchev–Trinajstić information content (AvgIpc) is 3.90. The van der Waals surface area contributed by atoms with Gasteiger partial charge in [-0.2, -0.15) is 0 Å². The Morgan fingerprint density at radius 3 is 2.16 bits per heavy atom. The lowest BCUT2D eigenvalue weighted by molar-refractivity contribution is -0.198. The summed E-state index contributed by atoms with van der Waals surface area (Å²) in [6.45, 7) is 21.1. The van der Waals surface area contributed by atoms with E-state index in [2.05, 4.69) is 25.6 Å². The van der Waals surface area contributed by atoms with Crippen LogP contribution in [0.25, 0.3) is 11.2 Å². The highest BCUT2D eigenvalue weighted by Gasteiger charge is 2.56. The van der Waals surface area contributed by atoms with E-state index in [0.29, 0.717) is 36.5 Å². The average molecular weight is 961 g/mol. The summed E-state index contributed by atoms with van der Waals surface area (Å²) in [5, 5.41) is 15.4. The summed E-state index contributed by atoms with van der Waals surface area (Å²) in [6.07, 6.45) is -1.46. The first-order valence-electron chi connectivity index (χ1n) is 23.2. The van der Waals surface area contributed by atoms with Crippen molar-refractivity contribution < 1.29 is 57.4 Å². The summed E-state index contributed by atoms with van der Waals surface area (Å²) in [5.41, 5.74) is 0.163. The Balaban J connectivity index is 1.23. The minimum absolute atomic E-state index is 0.00370. The maximum Gasteiger partial charge on any atom is 0.413 e. The van der Waals surface area contributed by atoms with Gasteiger partial charge in [-0.15, -0.1) is 0 Å². The van der Waals surface area contributed by atoms with Crippen molar-refractivity contribution in [3.05, 3.63) is 78.4 Å². The summed E-state index contributed by atoms with van der Waals surface area (Å²) < 4.78 is 44.2. The molecule has 0 aliphatic carbocycles. The molecule has 376 valence electrons. The van der Waals surface area contributed by atoms with Crippen molar-refractivity contribution in [3.63, 3.8) is 0 Å². The van der Waals surface area contributed by atoms with Crippen LogP contribution in [0.5, 0.6) is 5.75 Å². The zero-order valence-electron chi connectivity index (χ0n) is 41.5. The van der Waals surface area contributed by atoms with Crippen LogP contribution in [-0.4, -0.2) is 132 Å². The van der Waals surface area contributed by atoms with Crippen LogP contribution in [0.1, 0.15) is 106 Å². The molecule has 0 spiro atoms. The van der Waals surface area contributed by atoms with Crippen molar-refractivity contribution >= 4 is 41.2 Å². The number of carbonyl (C=O) groups is 4. The number of hydrogen-bond donors (Lipinski definition) is 3. The molecule has 2 fully saturated rings. The summed E-state index contributed by atoms with van der Waals surface area (Å²) in [6, 6.07) is 16.1. The number of carboxylic acid groups (broad SMARTS) is 1. The number of aromatic nitrogens is 4. The molecular weight excluding hydrogens is 893 g/mol. The van der Waals surface area contributed by atoms with E-state index in [1.165, 1.54) is 12.7 Å². The summed E-state index contributed by atoms with van der Waals surface area (Å²) in [7, 11) is 0. The normalized spacial score (nSPS) is 19.4. The lowest BCUT2D eigenvalue weighted by Gasteiger charge is -2.31. The Morgan fingerprint density at radius 1 is 0.812 bits per heavy atom. The molecule has 2 aliphatic heterocycles. The van der Waals surface area contributed by atoms with E-state index in [1.54, 1.807) is 51.0 Å². The second-order valence-electron chi connectivity index (χ2n) is 20.6.